The molecule has 0 saturated heterocycles. The summed E-state index contributed by atoms with van der Waals surface area (Å²) >= 11 is 0. The van der Waals surface area contributed by atoms with Crippen molar-refractivity contribution < 1.29 is 14.3 Å². The molecule has 0 aromatic carbocycles. The number of pyridine rings is 1. The van der Waals surface area contributed by atoms with Crippen LogP contribution in [0.15, 0.2) is 18.3 Å². The molecule has 0 bridgehead atoms. The number of nitrogens with zero attached hydrogens (tertiary/aromatic N) is 3. The van der Waals surface area contributed by atoms with Crippen LogP contribution < -0.4 is 9.64 Å². The smallest absolute Gasteiger partial charge is 0.231 e. The molecule has 6 heteroatoms. The standard InChI is InChI=1S/C22H31N3O3/c1-15-20(24(5)21(27)16-10-7-6-8-11-16)25-13-9-12-17(19(25)23-15)28-14-18(26)22(2,3)4/h9,12-13,16H,6-8,10-11,14H2,1-5H3. The maximum absolute atomic E-state index is 13.0. The van der Waals surface area contributed by atoms with E-state index in [-0.39, 0.29) is 24.2 Å². The monoisotopic (exact) mass is 385 g/mol. The van der Waals surface area contributed by atoms with Gasteiger partial charge in [0.05, 0.1) is 5.69 Å². The highest BCUT2D eigenvalue weighted by Gasteiger charge is 2.28. The molecule has 2 heterocycles. The van der Waals surface area contributed by atoms with E-state index in [2.05, 4.69) is 4.98 Å². The summed E-state index contributed by atoms with van der Waals surface area (Å²) in [6.45, 7) is 7.53. The van der Waals surface area contributed by atoms with E-state index in [1.807, 2.05) is 57.5 Å². The van der Waals surface area contributed by atoms with Crippen LogP contribution in [-0.2, 0) is 9.59 Å². The Hall–Kier alpha value is -2.37. The maximum atomic E-state index is 13.0. The number of hydrogen-bond donors (Lipinski definition) is 0. The minimum atomic E-state index is -0.450. The normalized spacial score (nSPS) is 15.6. The number of ketones is 1. The molecule has 1 fully saturated rings. The fourth-order valence-electron chi connectivity index (χ4n) is 3.75. The van der Waals surface area contributed by atoms with E-state index in [9.17, 15) is 9.59 Å². The molecule has 1 aliphatic carbocycles. The topological polar surface area (TPSA) is 63.9 Å². The number of carbonyl (C=O) groups excluding carboxylic acids is 2. The number of rotatable bonds is 5. The SMILES string of the molecule is Cc1nc2c(OCC(=O)C(C)(C)C)cccn2c1N(C)C(=O)C1CCCCC1. The number of carbonyl (C=O) groups is 2. The lowest BCUT2D eigenvalue weighted by atomic mass is 9.88. The average molecular weight is 386 g/mol. The van der Waals surface area contributed by atoms with Crippen molar-refractivity contribution in [2.45, 2.75) is 59.8 Å². The minimum absolute atomic E-state index is 0.00125. The molecule has 6 nitrogen and oxygen atoms in total. The zero-order chi connectivity index (χ0) is 20.5. The van der Waals surface area contributed by atoms with Crippen LogP contribution in [0.4, 0.5) is 5.82 Å². The van der Waals surface area contributed by atoms with Gasteiger partial charge in [0.1, 0.15) is 12.4 Å². The fourth-order valence-corrected chi connectivity index (χ4v) is 3.75. The van der Waals surface area contributed by atoms with Gasteiger partial charge in [-0.1, -0.05) is 40.0 Å². The van der Waals surface area contributed by atoms with Crippen LogP contribution >= 0.6 is 0 Å². The van der Waals surface area contributed by atoms with Gasteiger partial charge < -0.3 is 4.74 Å². The molecule has 2 aromatic heterocycles. The summed E-state index contributed by atoms with van der Waals surface area (Å²) in [5.41, 5.74) is 0.943. The number of imidazole rings is 1. The molecule has 0 unspecified atom stereocenters. The first-order chi connectivity index (χ1) is 13.2. The van der Waals surface area contributed by atoms with E-state index in [0.29, 0.717) is 11.4 Å². The third-order valence-electron chi connectivity index (χ3n) is 5.55. The number of Topliss-reactive ketones (excluding diaryl/α,β-unsaturated/α-hetero) is 1. The Bertz CT molecular complexity index is 873. The molecule has 1 amide bonds. The summed E-state index contributed by atoms with van der Waals surface area (Å²) in [7, 11) is 1.82. The largest absolute Gasteiger partial charge is 0.482 e. The Balaban J connectivity index is 1.87. The summed E-state index contributed by atoms with van der Waals surface area (Å²) in [5, 5.41) is 0. The lowest BCUT2D eigenvalue weighted by molar-refractivity contribution is -0.128. The van der Waals surface area contributed by atoms with Gasteiger partial charge in [-0.3, -0.25) is 18.9 Å². The molecule has 2 aromatic rings. The van der Waals surface area contributed by atoms with Gasteiger partial charge in [-0.15, -0.1) is 0 Å². The number of aryl methyl sites for hydroxylation is 1. The molecule has 28 heavy (non-hydrogen) atoms. The number of amides is 1. The number of fused-ring (bicyclic) bond motifs is 1. The van der Waals surface area contributed by atoms with Gasteiger partial charge in [-0.25, -0.2) is 4.98 Å². The van der Waals surface area contributed by atoms with Crippen LogP contribution in [0.25, 0.3) is 5.65 Å². The first kappa shape index (κ1) is 20.4. The molecule has 0 radical (unpaired) electrons. The Morgan fingerprint density at radius 3 is 2.57 bits per heavy atom. The van der Waals surface area contributed by atoms with Gasteiger partial charge in [-0.2, -0.15) is 0 Å². The molecule has 0 atom stereocenters. The summed E-state index contributed by atoms with van der Waals surface area (Å²) in [5.74, 6) is 1.58. The summed E-state index contributed by atoms with van der Waals surface area (Å²) < 4.78 is 7.68. The molecule has 0 spiro atoms. The molecule has 0 N–H and O–H groups in total. The van der Waals surface area contributed by atoms with Crippen LogP contribution in [0.1, 0.15) is 58.6 Å². The molecule has 152 valence electrons. The Morgan fingerprint density at radius 1 is 1.25 bits per heavy atom. The first-order valence-corrected chi connectivity index (χ1v) is 10.1. The van der Waals surface area contributed by atoms with E-state index in [0.717, 1.165) is 37.2 Å². The van der Waals surface area contributed by atoms with Crippen molar-refractivity contribution in [2.24, 2.45) is 11.3 Å². The van der Waals surface area contributed by atoms with Gasteiger partial charge in [0.2, 0.25) is 5.91 Å². The van der Waals surface area contributed by atoms with Gasteiger partial charge >= 0.3 is 0 Å². The number of anilines is 1. The summed E-state index contributed by atoms with van der Waals surface area (Å²) in [6.07, 6.45) is 7.26. The molecule has 1 aliphatic rings. The second-order valence-corrected chi connectivity index (χ2v) is 8.78. The average Bonchev–Trinajstić information content (AvgIpc) is 3.01. The molecule has 0 aliphatic heterocycles. The van der Waals surface area contributed by atoms with Crippen LogP contribution in [-0.4, -0.2) is 34.7 Å². The highest BCUT2D eigenvalue weighted by molar-refractivity contribution is 5.95. The van der Waals surface area contributed by atoms with Crippen molar-refractivity contribution in [2.75, 3.05) is 18.6 Å². The van der Waals surface area contributed by atoms with E-state index in [1.54, 1.807) is 4.90 Å². The minimum Gasteiger partial charge on any atom is -0.482 e. The van der Waals surface area contributed by atoms with E-state index < -0.39 is 5.41 Å². The number of aromatic nitrogens is 2. The van der Waals surface area contributed by atoms with Crippen LogP contribution in [0.3, 0.4) is 0 Å². The van der Waals surface area contributed by atoms with Gasteiger partial charge in [0.25, 0.3) is 0 Å². The van der Waals surface area contributed by atoms with Crippen LogP contribution in [0, 0.1) is 18.3 Å². The highest BCUT2D eigenvalue weighted by atomic mass is 16.5. The zero-order valence-electron chi connectivity index (χ0n) is 17.6. The third-order valence-corrected chi connectivity index (χ3v) is 5.55. The maximum Gasteiger partial charge on any atom is 0.231 e. The second kappa shape index (κ2) is 7.94. The number of ether oxygens (including phenoxy) is 1. The Labute approximate surface area is 166 Å². The van der Waals surface area contributed by atoms with Crippen molar-refractivity contribution in [3.63, 3.8) is 0 Å². The zero-order valence-corrected chi connectivity index (χ0v) is 17.6. The third kappa shape index (κ3) is 4.05. The van der Waals surface area contributed by atoms with Crippen molar-refractivity contribution in [1.29, 1.82) is 0 Å². The fraction of sp³-hybridized carbons (Fsp3) is 0.591. The molecule has 3 rings (SSSR count). The lowest BCUT2D eigenvalue weighted by Crippen LogP contribution is -2.35. The predicted octanol–water partition coefficient (Wildman–Crippen LogP) is 4.18. The van der Waals surface area contributed by atoms with Crippen molar-refractivity contribution in [1.82, 2.24) is 9.38 Å². The van der Waals surface area contributed by atoms with E-state index in [1.165, 1.54) is 6.42 Å². The summed E-state index contributed by atoms with van der Waals surface area (Å²) in [6, 6.07) is 3.66. The lowest BCUT2D eigenvalue weighted by Gasteiger charge is -2.26. The second-order valence-electron chi connectivity index (χ2n) is 8.78. The number of hydrogen-bond acceptors (Lipinski definition) is 4. The van der Waals surface area contributed by atoms with Gasteiger partial charge in [0, 0.05) is 24.6 Å². The highest BCUT2D eigenvalue weighted by Crippen LogP contribution is 2.31. The van der Waals surface area contributed by atoms with E-state index in [4.69, 9.17) is 4.74 Å². The van der Waals surface area contributed by atoms with Crippen LogP contribution in [0.2, 0.25) is 0 Å². The van der Waals surface area contributed by atoms with Crippen molar-refractivity contribution in [3.8, 4) is 5.75 Å². The predicted molar refractivity (Wildman–Crippen MR) is 110 cm³/mol. The van der Waals surface area contributed by atoms with E-state index >= 15 is 0 Å². The van der Waals surface area contributed by atoms with Gasteiger partial charge in [0.15, 0.2) is 17.2 Å². The summed E-state index contributed by atoms with van der Waals surface area (Å²) in [4.78, 5) is 31.6. The van der Waals surface area contributed by atoms with Gasteiger partial charge in [-0.05, 0) is 31.9 Å². The van der Waals surface area contributed by atoms with Crippen LogP contribution in [0.5, 0.6) is 5.75 Å². The Morgan fingerprint density at radius 2 is 1.93 bits per heavy atom. The quantitative estimate of drug-likeness (QED) is 0.774. The molecular weight excluding hydrogens is 354 g/mol. The Kier molecular flexibility index (Phi) is 5.77. The molecular formula is C22H31N3O3. The van der Waals surface area contributed by atoms with Crippen molar-refractivity contribution in [3.05, 3.63) is 24.0 Å². The van der Waals surface area contributed by atoms with Crippen molar-refractivity contribution >= 4 is 23.2 Å². The molecule has 1 saturated carbocycles. The first-order valence-electron chi connectivity index (χ1n) is 10.1.